The van der Waals surface area contributed by atoms with Gasteiger partial charge in [-0.2, -0.15) is 5.10 Å². The summed E-state index contributed by atoms with van der Waals surface area (Å²) < 4.78 is 8.15. The molecule has 3 rings (SSSR count). The maximum atomic E-state index is 5.91. The highest BCUT2D eigenvalue weighted by Crippen LogP contribution is 2.42. The third-order valence-electron chi connectivity index (χ3n) is 5.86. The van der Waals surface area contributed by atoms with Crippen LogP contribution in [0.25, 0.3) is 0 Å². The molecule has 1 aromatic carbocycles. The summed E-state index contributed by atoms with van der Waals surface area (Å²) in [5.41, 5.74) is 4.30. The van der Waals surface area contributed by atoms with Crippen LogP contribution in [0.5, 0.6) is 0 Å². The van der Waals surface area contributed by atoms with Gasteiger partial charge in [-0.15, -0.1) is 0 Å². The van der Waals surface area contributed by atoms with Gasteiger partial charge in [-0.1, -0.05) is 63.4 Å². The van der Waals surface area contributed by atoms with Gasteiger partial charge in [0.1, 0.15) is 0 Å². The minimum atomic E-state index is 0.414. The summed E-state index contributed by atoms with van der Waals surface area (Å²) in [5, 5.41) is 4.62. The quantitative estimate of drug-likeness (QED) is 0.498. The molecule has 1 aliphatic rings. The molecule has 0 aliphatic heterocycles. The fourth-order valence-electron chi connectivity index (χ4n) is 4.12. The van der Waals surface area contributed by atoms with Crippen LogP contribution in [0.1, 0.15) is 75.6 Å². The number of ether oxygens (including phenoxy) is 1. The van der Waals surface area contributed by atoms with E-state index in [4.69, 9.17) is 4.74 Å². The Hall–Kier alpha value is -1.61. The van der Waals surface area contributed by atoms with Gasteiger partial charge in [0, 0.05) is 18.8 Å². The van der Waals surface area contributed by atoms with Crippen molar-refractivity contribution in [2.45, 2.75) is 85.8 Å². The molecule has 0 unspecified atom stereocenters. The Kier molecular flexibility index (Phi) is 9.06. The maximum absolute atomic E-state index is 5.91. The zero-order valence-electron chi connectivity index (χ0n) is 17.8. The van der Waals surface area contributed by atoms with Gasteiger partial charge < -0.3 is 4.74 Å². The van der Waals surface area contributed by atoms with E-state index in [1.54, 1.807) is 0 Å². The average molecular weight is 371 g/mol. The van der Waals surface area contributed by atoms with Gasteiger partial charge in [0.2, 0.25) is 0 Å². The van der Waals surface area contributed by atoms with Crippen molar-refractivity contribution in [2.24, 2.45) is 5.41 Å². The highest BCUT2D eigenvalue weighted by atomic mass is 16.5. The van der Waals surface area contributed by atoms with Gasteiger partial charge >= 0.3 is 0 Å². The van der Waals surface area contributed by atoms with Crippen molar-refractivity contribution in [1.82, 2.24) is 9.78 Å². The number of benzene rings is 1. The molecule has 0 spiro atoms. The van der Waals surface area contributed by atoms with Crippen LogP contribution < -0.4 is 0 Å². The number of aromatic nitrogens is 2. The molecule has 3 nitrogen and oxygen atoms in total. The van der Waals surface area contributed by atoms with Crippen LogP contribution in [0, 0.1) is 19.3 Å². The van der Waals surface area contributed by atoms with Crippen molar-refractivity contribution >= 4 is 0 Å². The van der Waals surface area contributed by atoms with E-state index in [0.717, 1.165) is 26.2 Å². The summed E-state index contributed by atoms with van der Waals surface area (Å²) in [4.78, 5) is 0. The normalized spacial score (nSPS) is 15.9. The van der Waals surface area contributed by atoms with Crippen LogP contribution in [0.3, 0.4) is 0 Å². The predicted octanol–water partition coefficient (Wildman–Crippen LogP) is 6.47. The topological polar surface area (TPSA) is 27.1 Å². The summed E-state index contributed by atoms with van der Waals surface area (Å²) >= 11 is 0. The SMILES string of the molecule is CC.Cc1cnn(CC2(CCCOCc3ccccc3)CCCCC2)c1C. The molecule has 1 saturated carbocycles. The van der Waals surface area contributed by atoms with Crippen LogP contribution in [0.15, 0.2) is 36.5 Å². The van der Waals surface area contributed by atoms with E-state index in [-0.39, 0.29) is 0 Å². The smallest absolute Gasteiger partial charge is 0.0716 e. The zero-order chi connectivity index (χ0) is 19.5. The van der Waals surface area contributed by atoms with Crippen LogP contribution >= 0.6 is 0 Å². The first-order valence-corrected chi connectivity index (χ1v) is 10.8. The summed E-state index contributed by atoms with van der Waals surface area (Å²) in [6, 6.07) is 10.5. The Morgan fingerprint density at radius 2 is 1.74 bits per heavy atom. The second kappa shape index (κ2) is 11.3. The minimum Gasteiger partial charge on any atom is -0.377 e. The lowest BCUT2D eigenvalue weighted by atomic mass is 9.71. The van der Waals surface area contributed by atoms with Crippen molar-refractivity contribution in [2.75, 3.05) is 6.61 Å². The first-order valence-electron chi connectivity index (χ1n) is 10.8. The van der Waals surface area contributed by atoms with E-state index in [0.29, 0.717) is 5.41 Å². The lowest BCUT2D eigenvalue weighted by molar-refractivity contribution is 0.0830. The van der Waals surface area contributed by atoms with E-state index in [1.165, 1.54) is 55.3 Å². The van der Waals surface area contributed by atoms with Gasteiger partial charge in [-0.05, 0) is 56.1 Å². The van der Waals surface area contributed by atoms with Crippen LogP contribution in [0.4, 0.5) is 0 Å². The molecule has 0 atom stereocenters. The summed E-state index contributed by atoms with van der Waals surface area (Å²) in [6.07, 6.45) is 11.2. The van der Waals surface area contributed by atoms with Crippen molar-refractivity contribution in [3.8, 4) is 0 Å². The van der Waals surface area contributed by atoms with E-state index in [9.17, 15) is 0 Å². The van der Waals surface area contributed by atoms with E-state index < -0.39 is 0 Å². The van der Waals surface area contributed by atoms with Gasteiger partial charge in [0.15, 0.2) is 0 Å². The molecule has 1 aromatic heterocycles. The van der Waals surface area contributed by atoms with Crippen LogP contribution in [0.2, 0.25) is 0 Å². The minimum absolute atomic E-state index is 0.414. The average Bonchev–Trinajstić information content (AvgIpc) is 3.03. The molecular weight excluding hydrogens is 332 g/mol. The molecule has 1 aliphatic carbocycles. The van der Waals surface area contributed by atoms with Gasteiger partial charge in [-0.25, -0.2) is 0 Å². The molecule has 1 heterocycles. The largest absolute Gasteiger partial charge is 0.377 e. The second-order valence-electron chi connectivity index (χ2n) is 7.77. The van der Waals surface area contributed by atoms with E-state index in [1.807, 2.05) is 20.0 Å². The molecule has 2 aromatic rings. The van der Waals surface area contributed by atoms with Crippen molar-refractivity contribution in [1.29, 1.82) is 0 Å². The third kappa shape index (κ3) is 6.49. The second-order valence-corrected chi connectivity index (χ2v) is 7.77. The standard InChI is InChI=1S/C22H32N2O.C2H6/c1-19-16-23-24(20(19)2)18-22(12-7-4-8-13-22)14-9-15-25-17-21-10-5-3-6-11-21;1-2/h3,5-6,10-11,16H,4,7-9,12-15,17-18H2,1-2H3;1-2H3. The Labute approximate surface area is 166 Å². The molecule has 150 valence electrons. The Balaban J connectivity index is 0.00000126. The van der Waals surface area contributed by atoms with Crippen molar-refractivity contribution in [3.05, 3.63) is 53.3 Å². The number of rotatable bonds is 8. The fourth-order valence-corrected chi connectivity index (χ4v) is 4.12. The van der Waals surface area contributed by atoms with Gasteiger partial charge in [0.05, 0.1) is 12.8 Å². The van der Waals surface area contributed by atoms with Crippen molar-refractivity contribution in [3.63, 3.8) is 0 Å². The molecular formula is C24H38N2O. The van der Waals surface area contributed by atoms with Crippen molar-refractivity contribution < 1.29 is 4.74 Å². The summed E-state index contributed by atoms with van der Waals surface area (Å²) in [7, 11) is 0. The molecule has 0 amide bonds. The Morgan fingerprint density at radius 3 is 2.37 bits per heavy atom. The maximum Gasteiger partial charge on any atom is 0.0716 e. The first-order chi connectivity index (χ1) is 13.2. The molecule has 0 saturated heterocycles. The zero-order valence-corrected chi connectivity index (χ0v) is 17.8. The third-order valence-corrected chi connectivity index (χ3v) is 5.86. The summed E-state index contributed by atoms with van der Waals surface area (Å²) in [6.45, 7) is 11.0. The highest BCUT2D eigenvalue weighted by molar-refractivity contribution is 5.14. The lowest BCUT2D eigenvalue weighted by Gasteiger charge is -2.38. The molecule has 1 fully saturated rings. The van der Waals surface area contributed by atoms with Gasteiger partial charge in [-0.3, -0.25) is 4.68 Å². The molecule has 0 bridgehead atoms. The van der Waals surface area contributed by atoms with E-state index >= 15 is 0 Å². The molecule has 27 heavy (non-hydrogen) atoms. The van der Waals surface area contributed by atoms with Crippen LogP contribution in [-0.2, 0) is 17.9 Å². The van der Waals surface area contributed by atoms with Gasteiger partial charge in [0.25, 0.3) is 0 Å². The lowest BCUT2D eigenvalue weighted by Crippen LogP contribution is -2.31. The Bertz CT molecular complexity index is 642. The van der Waals surface area contributed by atoms with Crippen LogP contribution in [-0.4, -0.2) is 16.4 Å². The Morgan fingerprint density at radius 1 is 1.04 bits per heavy atom. The number of aryl methyl sites for hydroxylation is 1. The number of nitrogens with zero attached hydrogens (tertiary/aromatic N) is 2. The van der Waals surface area contributed by atoms with E-state index in [2.05, 4.69) is 54.0 Å². The molecule has 3 heteroatoms. The number of hydrogen-bond donors (Lipinski definition) is 0. The predicted molar refractivity (Wildman–Crippen MR) is 114 cm³/mol. The molecule has 0 N–H and O–H groups in total. The monoisotopic (exact) mass is 370 g/mol. The molecule has 0 radical (unpaired) electrons. The fraction of sp³-hybridized carbons (Fsp3) is 0.625. The number of hydrogen-bond acceptors (Lipinski definition) is 2. The first kappa shape index (κ1) is 21.7. The summed E-state index contributed by atoms with van der Waals surface area (Å²) in [5.74, 6) is 0. The highest BCUT2D eigenvalue weighted by Gasteiger charge is 2.32.